The minimum absolute atomic E-state index is 0.0195. The van der Waals surface area contributed by atoms with Crippen LogP contribution in [0.2, 0.25) is 0 Å². The maximum Gasteiger partial charge on any atom is 0.206 e. The Kier molecular flexibility index (Phi) is 3.74. The lowest BCUT2D eigenvalue weighted by Crippen LogP contribution is -2.11. The molecule has 0 atom stereocenters. The fourth-order valence-electron chi connectivity index (χ4n) is 2.05. The quantitative estimate of drug-likeness (QED) is 0.833. The summed E-state index contributed by atoms with van der Waals surface area (Å²) in [4.78, 5) is 0.692. The monoisotopic (exact) mass is 288 g/mol. The van der Waals surface area contributed by atoms with E-state index in [1.165, 1.54) is 0 Å². The fourth-order valence-corrected chi connectivity index (χ4v) is 3.42. The van der Waals surface area contributed by atoms with Gasteiger partial charge in [-0.3, -0.25) is 0 Å². The van der Waals surface area contributed by atoms with Crippen LogP contribution in [-0.2, 0) is 15.3 Å². The second-order valence-electron chi connectivity index (χ2n) is 6.09. The molecule has 0 aliphatic carbocycles. The third-order valence-corrected chi connectivity index (χ3v) is 5.10. The summed E-state index contributed by atoms with van der Waals surface area (Å²) >= 11 is 0. The Labute approximate surface area is 121 Å². The van der Waals surface area contributed by atoms with Crippen molar-refractivity contribution in [3.8, 4) is 0 Å². The summed E-state index contributed by atoms with van der Waals surface area (Å²) in [5, 5.41) is 0. The van der Waals surface area contributed by atoms with Crippen molar-refractivity contribution in [2.24, 2.45) is 0 Å². The molecule has 0 radical (unpaired) electrons. The Morgan fingerprint density at radius 2 is 1.45 bits per heavy atom. The zero-order valence-electron chi connectivity index (χ0n) is 12.3. The molecule has 0 aromatic heterocycles. The molecule has 0 unspecified atom stereocenters. The molecule has 0 saturated carbocycles. The highest BCUT2D eigenvalue weighted by Crippen LogP contribution is 2.26. The van der Waals surface area contributed by atoms with Gasteiger partial charge in [-0.1, -0.05) is 45.0 Å². The molecular formula is C17H20O2S. The minimum atomic E-state index is -3.42. The molecule has 2 aromatic rings. The molecule has 2 rings (SSSR count). The minimum Gasteiger partial charge on any atom is -0.219 e. The molecule has 0 amide bonds. The number of sulfone groups is 1. The predicted molar refractivity (Wildman–Crippen MR) is 81.8 cm³/mol. The van der Waals surface area contributed by atoms with E-state index in [-0.39, 0.29) is 5.41 Å². The van der Waals surface area contributed by atoms with Crippen LogP contribution in [0.4, 0.5) is 0 Å². The first-order valence-electron chi connectivity index (χ1n) is 6.63. The summed E-state index contributed by atoms with van der Waals surface area (Å²) in [6.45, 7) is 8.22. The third kappa shape index (κ3) is 2.93. The summed E-state index contributed by atoms with van der Waals surface area (Å²) in [7, 11) is -3.42. The fraction of sp³-hybridized carbons (Fsp3) is 0.294. The number of hydrogen-bond donors (Lipinski definition) is 0. The lowest BCUT2D eigenvalue weighted by Gasteiger charge is -2.19. The van der Waals surface area contributed by atoms with Crippen LogP contribution in [0.25, 0.3) is 0 Å². The molecule has 0 spiro atoms. The maximum atomic E-state index is 12.5. The summed E-state index contributed by atoms with van der Waals surface area (Å²) in [6.07, 6.45) is 0. The average molecular weight is 288 g/mol. The van der Waals surface area contributed by atoms with Crippen molar-refractivity contribution < 1.29 is 8.42 Å². The third-order valence-electron chi connectivity index (χ3n) is 3.33. The first-order valence-corrected chi connectivity index (χ1v) is 8.12. The van der Waals surface area contributed by atoms with E-state index in [0.29, 0.717) is 9.79 Å². The van der Waals surface area contributed by atoms with Crippen molar-refractivity contribution in [1.82, 2.24) is 0 Å². The van der Waals surface area contributed by atoms with Crippen LogP contribution in [0.5, 0.6) is 0 Å². The van der Waals surface area contributed by atoms with E-state index in [2.05, 4.69) is 20.8 Å². The Balaban J connectivity index is 2.45. The van der Waals surface area contributed by atoms with Crippen LogP contribution < -0.4 is 0 Å². The van der Waals surface area contributed by atoms with E-state index in [0.717, 1.165) is 11.1 Å². The number of aryl methyl sites for hydroxylation is 1. The van der Waals surface area contributed by atoms with Gasteiger partial charge in [0.1, 0.15) is 0 Å². The van der Waals surface area contributed by atoms with Crippen molar-refractivity contribution in [3.63, 3.8) is 0 Å². The summed E-state index contributed by atoms with van der Waals surface area (Å²) in [5.74, 6) is 0. The molecule has 0 aliphatic rings. The second-order valence-corrected chi connectivity index (χ2v) is 8.04. The molecule has 3 heteroatoms. The first-order chi connectivity index (χ1) is 9.21. The Bertz CT molecular complexity index is 705. The zero-order valence-corrected chi connectivity index (χ0v) is 13.2. The summed E-state index contributed by atoms with van der Waals surface area (Å²) in [6, 6.07) is 14.2. The standard InChI is InChI=1S/C17H20O2S/c1-13-6-5-7-16(12-13)20(18,19)15-10-8-14(9-11-15)17(2,3)4/h5-12H,1-4H3. The van der Waals surface area contributed by atoms with E-state index in [1.807, 2.05) is 25.1 Å². The molecular weight excluding hydrogens is 268 g/mol. The Hall–Kier alpha value is -1.61. The Morgan fingerprint density at radius 3 is 1.95 bits per heavy atom. The molecule has 20 heavy (non-hydrogen) atoms. The smallest absolute Gasteiger partial charge is 0.206 e. The first kappa shape index (κ1) is 14.8. The van der Waals surface area contributed by atoms with Crippen LogP contribution in [0.1, 0.15) is 31.9 Å². The molecule has 0 N–H and O–H groups in total. The van der Waals surface area contributed by atoms with E-state index < -0.39 is 9.84 Å². The van der Waals surface area contributed by atoms with Crippen molar-refractivity contribution in [2.75, 3.05) is 0 Å². The van der Waals surface area contributed by atoms with Crippen molar-refractivity contribution >= 4 is 9.84 Å². The number of hydrogen-bond acceptors (Lipinski definition) is 2. The van der Waals surface area contributed by atoms with Gasteiger partial charge < -0.3 is 0 Å². The van der Waals surface area contributed by atoms with Crippen LogP contribution in [0.3, 0.4) is 0 Å². The topological polar surface area (TPSA) is 34.1 Å². The summed E-state index contributed by atoms with van der Waals surface area (Å²) < 4.78 is 25.1. The van der Waals surface area contributed by atoms with E-state index in [1.54, 1.807) is 30.3 Å². The van der Waals surface area contributed by atoms with Crippen molar-refractivity contribution in [2.45, 2.75) is 42.9 Å². The zero-order chi connectivity index (χ0) is 15.0. The van der Waals surface area contributed by atoms with Gasteiger partial charge in [0.05, 0.1) is 9.79 Å². The van der Waals surface area contributed by atoms with Crippen LogP contribution >= 0.6 is 0 Å². The predicted octanol–water partition coefficient (Wildman–Crippen LogP) is 4.13. The summed E-state index contributed by atoms with van der Waals surface area (Å²) in [5.41, 5.74) is 2.09. The highest BCUT2D eigenvalue weighted by Gasteiger charge is 2.19. The van der Waals surface area contributed by atoms with Crippen LogP contribution in [-0.4, -0.2) is 8.42 Å². The van der Waals surface area contributed by atoms with Gasteiger partial charge in [-0.15, -0.1) is 0 Å². The van der Waals surface area contributed by atoms with E-state index in [4.69, 9.17) is 0 Å². The molecule has 0 bridgehead atoms. The van der Waals surface area contributed by atoms with Gasteiger partial charge in [0.2, 0.25) is 9.84 Å². The highest BCUT2D eigenvalue weighted by atomic mass is 32.2. The van der Waals surface area contributed by atoms with Gasteiger partial charge >= 0.3 is 0 Å². The van der Waals surface area contributed by atoms with Gasteiger partial charge in [0.25, 0.3) is 0 Å². The number of rotatable bonds is 2. The van der Waals surface area contributed by atoms with Gasteiger partial charge in [-0.05, 0) is 47.7 Å². The Morgan fingerprint density at radius 1 is 0.850 bits per heavy atom. The van der Waals surface area contributed by atoms with Gasteiger partial charge in [-0.25, -0.2) is 8.42 Å². The largest absolute Gasteiger partial charge is 0.219 e. The number of benzene rings is 2. The van der Waals surface area contributed by atoms with E-state index >= 15 is 0 Å². The van der Waals surface area contributed by atoms with Crippen molar-refractivity contribution in [1.29, 1.82) is 0 Å². The lowest BCUT2D eigenvalue weighted by molar-refractivity contribution is 0.586. The second kappa shape index (κ2) is 5.06. The van der Waals surface area contributed by atoms with Gasteiger partial charge in [0.15, 0.2) is 0 Å². The van der Waals surface area contributed by atoms with E-state index in [9.17, 15) is 8.42 Å². The molecule has 0 fully saturated rings. The van der Waals surface area contributed by atoms with Crippen LogP contribution in [0.15, 0.2) is 58.3 Å². The molecule has 2 aromatic carbocycles. The normalized spacial score (nSPS) is 12.4. The lowest BCUT2D eigenvalue weighted by atomic mass is 9.87. The van der Waals surface area contributed by atoms with Gasteiger partial charge in [-0.2, -0.15) is 0 Å². The molecule has 106 valence electrons. The van der Waals surface area contributed by atoms with Gasteiger partial charge in [0, 0.05) is 0 Å². The SMILES string of the molecule is Cc1cccc(S(=O)(=O)c2ccc(C(C)(C)C)cc2)c1. The van der Waals surface area contributed by atoms with Crippen molar-refractivity contribution in [3.05, 3.63) is 59.7 Å². The molecule has 0 heterocycles. The highest BCUT2D eigenvalue weighted by molar-refractivity contribution is 7.91. The maximum absolute atomic E-state index is 12.5. The molecule has 0 saturated heterocycles. The molecule has 2 nitrogen and oxygen atoms in total. The average Bonchev–Trinajstić information content (AvgIpc) is 2.38. The molecule has 0 aliphatic heterocycles. The van der Waals surface area contributed by atoms with Crippen LogP contribution in [0, 0.1) is 6.92 Å².